The van der Waals surface area contributed by atoms with Gasteiger partial charge in [0.15, 0.2) is 5.43 Å². The van der Waals surface area contributed by atoms with Crippen LogP contribution in [0.15, 0.2) is 70.4 Å². The molecule has 0 saturated heterocycles. The summed E-state index contributed by atoms with van der Waals surface area (Å²) >= 11 is 1.41. The molecule has 1 aliphatic rings. The van der Waals surface area contributed by atoms with Gasteiger partial charge in [-0.15, -0.1) is 0 Å². The minimum Gasteiger partial charge on any atom is -0.289 e. The molecule has 108 valence electrons. The Hall–Kier alpha value is -2.65. The van der Waals surface area contributed by atoms with E-state index in [1.54, 1.807) is 0 Å². The highest BCUT2D eigenvalue weighted by atomic mass is 32.2. The number of ketones is 1. The Bertz CT molecular complexity index is 1220. The molecular formula is C20H10O2S. The van der Waals surface area contributed by atoms with Crippen molar-refractivity contribution < 1.29 is 4.79 Å². The van der Waals surface area contributed by atoms with Gasteiger partial charge in [0.25, 0.3) is 0 Å². The smallest absolute Gasteiger partial charge is 0.201 e. The first-order valence-corrected chi connectivity index (χ1v) is 8.20. The number of rotatable bonds is 0. The van der Waals surface area contributed by atoms with Gasteiger partial charge in [-0.25, -0.2) is 0 Å². The van der Waals surface area contributed by atoms with Crippen LogP contribution >= 0.6 is 11.8 Å². The van der Waals surface area contributed by atoms with Gasteiger partial charge in [-0.05, 0) is 22.9 Å². The number of benzene rings is 3. The first-order valence-electron chi connectivity index (χ1n) is 7.38. The predicted octanol–water partition coefficient (Wildman–Crippen LogP) is 3.61. The molecule has 0 aliphatic carbocycles. The highest BCUT2D eigenvalue weighted by Crippen LogP contribution is 2.40. The molecule has 1 aliphatic heterocycles. The zero-order valence-corrected chi connectivity index (χ0v) is 12.8. The second-order valence-electron chi connectivity index (χ2n) is 5.67. The van der Waals surface area contributed by atoms with Gasteiger partial charge in [0.2, 0.25) is 5.78 Å². The highest BCUT2D eigenvalue weighted by molar-refractivity contribution is 8.10. The molecule has 0 radical (unpaired) electrons. The Balaban J connectivity index is 2.00. The van der Waals surface area contributed by atoms with Crippen LogP contribution in [0.2, 0.25) is 0 Å². The van der Waals surface area contributed by atoms with Crippen LogP contribution in [-0.2, 0) is 0 Å². The van der Waals surface area contributed by atoms with E-state index < -0.39 is 0 Å². The van der Waals surface area contributed by atoms with Gasteiger partial charge in [0.1, 0.15) is 0 Å². The monoisotopic (exact) mass is 314 g/mol. The zero-order valence-electron chi connectivity index (χ0n) is 12.0. The van der Waals surface area contributed by atoms with Crippen LogP contribution in [-0.4, -0.2) is 5.78 Å². The van der Waals surface area contributed by atoms with Crippen LogP contribution in [0.5, 0.6) is 0 Å². The summed E-state index contributed by atoms with van der Waals surface area (Å²) in [6.07, 6.45) is 0. The lowest BCUT2D eigenvalue weighted by molar-refractivity contribution is 0.105. The van der Waals surface area contributed by atoms with Crippen LogP contribution in [0.3, 0.4) is 0 Å². The van der Waals surface area contributed by atoms with Crippen molar-refractivity contribution in [2.75, 3.05) is 0 Å². The number of carbonyl (C=O) groups is 1. The standard InChI is InChI=1S/C20H10O2S/c21-18-14-9-4-6-11-5-3-8-13(16(11)14)17(18)20-19(22)12-7-1-2-10-15(12)23-20/h1-10H/b20-17+. The van der Waals surface area contributed by atoms with Gasteiger partial charge < -0.3 is 0 Å². The minimum atomic E-state index is -0.0428. The van der Waals surface area contributed by atoms with Crippen molar-refractivity contribution >= 4 is 44.0 Å². The van der Waals surface area contributed by atoms with E-state index in [9.17, 15) is 9.59 Å². The van der Waals surface area contributed by atoms with Crippen molar-refractivity contribution in [3.8, 4) is 0 Å². The molecule has 2 nitrogen and oxygen atoms in total. The quantitative estimate of drug-likeness (QED) is 0.497. The average Bonchev–Trinajstić information content (AvgIpc) is 3.06. The molecule has 1 heterocycles. The maximum atomic E-state index is 12.9. The molecule has 3 heteroatoms. The fourth-order valence-electron chi connectivity index (χ4n) is 3.41. The van der Waals surface area contributed by atoms with Crippen molar-refractivity contribution in [2.24, 2.45) is 0 Å². The lowest BCUT2D eigenvalue weighted by atomic mass is 10.1. The summed E-state index contributed by atoms with van der Waals surface area (Å²) in [6, 6.07) is 19.2. The largest absolute Gasteiger partial charge is 0.289 e. The second-order valence-corrected chi connectivity index (χ2v) is 6.72. The Labute approximate surface area is 135 Å². The zero-order chi connectivity index (χ0) is 15.6. The van der Waals surface area contributed by atoms with E-state index in [1.807, 2.05) is 60.7 Å². The fraction of sp³-hybridized carbons (Fsp3) is 0. The predicted molar refractivity (Wildman–Crippen MR) is 94.2 cm³/mol. The van der Waals surface area contributed by atoms with Crippen molar-refractivity contribution in [3.63, 3.8) is 0 Å². The van der Waals surface area contributed by atoms with E-state index in [0.29, 0.717) is 21.1 Å². The average molecular weight is 314 g/mol. The number of thioether (sulfide) groups is 1. The van der Waals surface area contributed by atoms with E-state index in [4.69, 9.17) is 0 Å². The van der Waals surface area contributed by atoms with Crippen molar-refractivity contribution in [1.82, 2.24) is 0 Å². The third kappa shape index (κ3) is 1.60. The molecule has 0 saturated carbocycles. The van der Waals surface area contributed by atoms with Crippen molar-refractivity contribution in [3.05, 3.63) is 81.7 Å². The number of hydrogen-bond acceptors (Lipinski definition) is 3. The number of hydrogen-bond donors (Lipinski definition) is 0. The van der Waals surface area contributed by atoms with Crippen LogP contribution in [0, 0.1) is 0 Å². The van der Waals surface area contributed by atoms with E-state index >= 15 is 0 Å². The van der Waals surface area contributed by atoms with E-state index in [0.717, 1.165) is 21.1 Å². The molecule has 0 N–H and O–H groups in total. The van der Waals surface area contributed by atoms with Crippen LogP contribution in [0.4, 0.5) is 0 Å². The maximum absolute atomic E-state index is 12.9. The van der Waals surface area contributed by atoms with Gasteiger partial charge in [0.05, 0.1) is 4.91 Å². The Morgan fingerprint density at radius 1 is 0.739 bits per heavy atom. The molecule has 0 atom stereocenters. The summed E-state index contributed by atoms with van der Waals surface area (Å²) in [5.41, 5.74) is 0.649. The maximum Gasteiger partial charge on any atom is 0.201 e. The van der Waals surface area contributed by atoms with E-state index in [1.165, 1.54) is 11.8 Å². The molecule has 0 spiro atoms. The summed E-state index contributed by atoms with van der Waals surface area (Å²) < 4.78 is 0. The molecule has 0 amide bonds. The topological polar surface area (TPSA) is 34.1 Å². The number of carbonyl (C=O) groups excluding carboxylic acids is 1. The van der Waals surface area contributed by atoms with Gasteiger partial charge in [-0.2, -0.15) is 0 Å². The Kier molecular flexibility index (Phi) is 2.48. The molecular weight excluding hydrogens is 304 g/mol. The minimum absolute atomic E-state index is 0.0412. The number of fused-ring (bicyclic) bond motifs is 1. The summed E-state index contributed by atoms with van der Waals surface area (Å²) in [6.45, 7) is 0. The molecule has 0 aromatic heterocycles. The molecule has 0 bridgehead atoms. The first kappa shape index (κ1) is 12.9. The third-order valence-electron chi connectivity index (χ3n) is 4.42. The molecule has 23 heavy (non-hydrogen) atoms. The first-order chi connectivity index (χ1) is 11.3. The molecule has 4 aromatic rings. The van der Waals surface area contributed by atoms with Crippen LogP contribution < -0.4 is 10.6 Å². The Morgan fingerprint density at radius 3 is 2.26 bits per heavy atom. The van der Waals surface area contributed by atoms with Crippen molar-refractivity contribution in [2.45, 2.75) is 4.90 Å². The van der Waals surface area contributed by atoms with Gasteiger partial charge in [0, 0.05) is 26.5 Å². The second kappa shape index (κ2) is 4.43. The lowest BCUT2D eigenvalue weighted by Gasteiger charge is -1.97. The van der Waals surface area contributed by atoms with Gasteiger partial charge in [-0.3, -0.25) is 9.59 Å². The molecule has 0 unspecified atom stereocenters. The van der Waals surface area contributed by atoms with E-state index in [2.05, 4.69) is 0 Å². The van der Waals surface area contributed by atoms with E-state index in [-0.39, 0.29) is 11.2 Å². The molecule has 4 aromatic carbocycles. The van der Waals surface area contributed by atoms with Gasteiger partial charge in [-0.1, -0.05) is 60.3 Å². The highest BCUT2D eigenvalue weighted by Gasteiger charge is 2.28. The van der Waals surface area contributed by atoms with Crippen LogP contribution in [0.25, 0.3) is 26.5 Å². The fourth-order valence-corrected chi connectivity index (χ4v) is 4.55. The van der Waals surface area contributed by atoms with Crippen molar-refractivity contribution in [1.29, 1.82) is 0 Å². The SMILES string of the molecule is O=C1/C(=c2\c(=O)c3cccc4cccc2c43)Sc2ccccc21. The molecule has 5 rings (SSSR count). The van der Waals surface area contributed by atoms with Gasteiger partial charge >= 0.3 is 0 Å². The summed E-state index contributed by atoms with van der Waals surface area (Å²) in [4.78, 5) is 27.2. The normalized spacial score (nSPS) is 16.4. The van der Waals surface area contributed by atoms with Crippen LogP contribution in [0.1, 0.15) is 10.4 Å². The Morgan fingerprint density at radius 2 is 1.48 bits per heavy atom. The third-order valence-corrected chi connectivity index (χ3v) is 5.59. The summed E-state index contributed by atoms with van der Waals surface area (Å²) in [5.74, 6) is -0.0428. The lowest BCUT2D eigenvalue weighted by Crippen LogP contribution is -2.23. The molecule has 0 fully saturated rings. The summed E-state index contributed by atoms with van der Waals surface area (Å²) in [5, 5.41) is 4.14. The number of Topliss-reactive ketones (excluding diaryl/α,β-unsaturated/α-hetero) is 1. The summed E-state index contributed by atoms with van der Waals surface area (Å²) in [7, 11) is 0.